The van der Waals surface area contributed by atoms with Gasteiger partial charge in [-0.3, -0.25) is 4.79 Å². The lowest BCUT2D eigenvalue weighted by Gasteiger charge is -2.21. The predicted octanol–water partition coefficient (Wildman–Crippen LogP) is 3.24. The first-order valence-corrected chi connectivity index (χ1v) is 10.1. The number of hydrogen-bond acceptors (Lipinski definition) is 5. The third kappa shape index (κ3) is 4.86. The van der Waals surface area contributed by atoms with Crippen molar-refractivity contribution in [2.45, 2.75) is 26.9 Å². The van der Waals surface area contributed by atoms with E-state index in [9.17, 15) is 19.5 Å². The largest absolute Gasteiger partial charge is 0.491 e. The fourth-order valence-electron chi connectivity index (χ4n) is 3.15. The summed E-state index contributed by atoms with van der Waals surface area (Å²) in [6, 6.07) is 6.92. The van der Waals surface area contributed by atoms with Crippen LogP contribution in [0.25, 0.3) is 0 Å². The van der Waals surface area contributed by atoms with Gasteiger partial charge in [-0.25, -0.2) is 9.59 Å². The number of urea groups is 1. The van der Waals surface area contributed by atoms with Crippen molar-refractivity contribution in [2.75, 3.05) is 25.0 Å². The van der Waals surface area contributed by atoms with Crippen molar-refractivity contribution in [3.63, 3.8) is 0 Å². The van der Waals surface area contributed by atoms with Crippen LogP contribution in [0.3, 0.4) is 0 Å². The van der Waals surface area contributed by atoms with Crippen molar-refractivity contribution in [2.24, 2.45) is 0 Å². The average molecular weight is 417 g/mol. The van der Waals surface area contributed by atoms with Crippen LogP contribution < -0.4 is 10.1 Å². The molecule has 3 amide bonds. The minimum Gasteiger partial charge on any atom is -0.491 e. The van der Waals surface area contributed by atoms with E-state index in [4.69, 9.17) is 4.74 Å². The van der Waals surface area contributed by atoms with E-state index in [-0.39, 0.29) is 22.5 Å². The van der Waals surface area contributed by atoms with E-state index >= 15 is 0 Å². The van der Waals surface area contributed by atoms with Gasteiger partial charge in [-0.1, -0.05) is 6.07 Å². The zero-order valence-corrected chi connectivity index (χ0v) is 17.1. The standard InChI is InChI=1S/C20H23N3O5S/c1-3-22(13(2)24)11-14-4-5-17-15(10-14)12-23(7-8-28-17)20(27)21-16-6-9-29-18(16)19(25)26/h4-6,9-10H,3,7-8,11-12H2,1-2H3,(H,21,27)(H,25,26). The fourth-order valence-corrected chi connectivity index (χ4v) is 3.84. The van der Waals surface area contributed by atoms with Crippen LogP contribution >= 0.6 is 11.3 Å². The third-order valence-corrected chi connectivity index (χ3v) is 5.60. The van der Waals surface area contributed by atoms with Crippen LogP contribution in [0, 0.1) is 0 Å². The molecule has 1 aromatic heterocycles. The Morgan fingerprint density at radius 1 is 1.31 bits per heavy atom. The number of carbonyl (C=O) groups is 3. The first-order valence-electron chi connectivity index (χ1n) is 9.25. The molecule has 0 unspecified atom stereocenters. The molecule has 0 bridgehead atoms. The summed E-state index contributed by atoms with van der Waals surface area (Å²) in [6.45, 7) is 5.61. The number of nitrogens with one attached hydrogen (secondary N) is 1. The highest BCUT2D eigenvalue weighted by Crippen LogP contribution is 2.27. The van der Waals surface area contributed by atoms with Crippen molar-refractivity contribution < 1.29 is 24.2 Å². The van der Waals surface area contributed by atoms with Crippen molar-refractivity contribution in [1.29, 1.82) is 0 Å². The number of amides is 3. The zero-order valence-electron chi connectivity index (χ0n) is 16.3. The van der Waals surface area contributed by atoms with Crippen LogP contribution in [0.1, 0.15) is 34.6 Å². The highest BCUT2D eigenvalue weighted by Gasteiger charge is 2.22. The monoisotopic (exact) mass is 417 g/mol. The van der Waals surface area contributed by atoms with Gasteiger partial charge in [-0.05, 0) is 36.1 Å². The molecule has 29 heavy (non-hydrogen) atoms. The third-order valence-electron chi connectivity index (χ3n) is 4.69. The van der Waals surface area contributed by atoms with Gasteiger partial charge in [0.25, 0.3) is 0 Å². The lowest BCUT2D eigenvalue weighted by atomic mass is 10.1. The molecule has 0 saturated carbocycles. The van der Waals surface area contributed by atoms with Crippen molar-refractivity contribution in [3.05, 3.63) is 45.6 Å². The fraction of sp³-hybridized carbons (Fsp3) is 0.350. The molecule has 1 aliphatic heterocycles. The van der Waals surface area contributed by atoms with Crippen LogP contribution in [-0.4, -0.2) is 52.5 Å². The van der Waals surface area contributed by atoms with E-state index in [0.717, 1.165) is 22.5 Å². The number of carboxylic acids is 1. The van der Waals surface area contributed by atoms with Crippen molar-refractivity contribution in [3.8, 4) is 5.75 Å². The number of fused-ring (bicyclic) bond motifs is 1. The van der Waals surface area contributed by atoms with Gasteiger partial charge in [0.15, 0.2) is 0 Å². The molecule has 0 spiro atoms. The molecule has 0 aliphatic carbocycles. The minimum atomic E-state index is -1.07. The maximum Gasteiger partial charge on any atom is 0.348 e. The van der Waals surface area contributed by atoms with E-state index in [0.29, 0.717) is 38.5 Å². The van der Waals surface area contributed by atoms with Crippen molar-refractivity contribution >= 4 is 34.9 Å². The molecular formula is C20H23N3O5S. The van der Waals surface area contributed by atoms with Gasteiger partial charge in [-0.2, -0.15) is 0 Å². The van der Waals surface area contributed by atoms with Gasteiger partial charge in [0.05, 0.1) is 18.8 Å². The normalized spacial score (nSPS) is 13.1. The molecule has 0 atom stereocenters. The predicted molar refractivity (Wildman–Crippen MR) is 109 cm³/mol. The number of carbonyl (C=O) groups excluding carboxylic acids is 2. The highest BCUT2D eigenvalue weighted by atomic mass is 32.1. The molecule has 1 aliphatic rings. The molecule has 9 heteroatoms. The number of thiophene rings is 1. The topological polar surface area (TPSA) is 99.2 Å². The smallest absolute Gasteiger partial charge is 0.348 e. The molecule has 0 radical (unpaired) electrons. The summed E-state index contributed by atoms with van der Waals surface area (Å²) in [7, 11) is 0. The summed E-state index contributed by atoms with van der Waals surface area (Å²) in [5, 5.41) is 13.5. The number of nitrogens with zero attached hydrogens (tertiary/aromatic N) is 2. The molecule has 2 aromatic rings. The molecule has 154 valence electrons. The number of carboxylic acid groups (broad SMARTS) is 1. The highest BCUT2D eigenvalue weighted by molar-refractivity contribution is 7.12. The number of aromatic carboxylic acids is 1. The second-order valence-electron chi connectivity index (χ2n) is 6.64. The van der Waals surface area contributed by atoms with Crippen LogP contribution in [0.5, 0.6) is 5.75 Å². The zero-order chi connectivity index (χ0) is 21.0. The Balaban J connectivity index is 1.75. The lowest BCUT2D eigenvalue weighted by molar-refractivity contribution is -0.129. The maximum atomic E-state index is 12.7. The van der Waals surface area contributed by atoms with Gasteiger partial charge < -0.3 is 25.0 Å². The first-order chi connectivity index (χ1) is 13.9. The van der Waals surface area contributed by atoms with E-state index in [1.807, 2.05) is 25.1 Å². The summed E-state index contributed by atoms with van der Waals surface area (Å²) in [4.78, 5) is 39.1. The van der Waals surface area contributed by atoms with Crippen LogP contribution in [-0.2, 0) is 17.9 Å². The van der Waals surface area contributed by atoms with Gasteiger partial charge in [0, 0.05) is 25.6 Å². The number of benzene rings is 1. The molecule has 0 fully saturated rings. The van der Waals surface area contributed by atoms with Gasteiger partial charge in [0.1, 0.15) is 17.2 Å². The van der Waals surface area contributed by atoms with Gasteiger partial charge in [-0.15, -0.1) is 11.3 Å². The van der Waals surface area contributed by atoms with Crippen LogP contribution in [0.4, 0.5) is 10.5 Å². The Morgan fingerprint density at radius 3 is 2.79 bits per heavy atom. The summed E-state index contributed by atoms with van der Waals surface area (Å²) in [5.74, 6) is -0.364. The molecular weight excluding hydrogens is 394 g/mol. The lowest BCUT2D eigenvalue weighted by Crippen LogP contribution is -2.36. The van der Waals surface area contributed by atoms with Crippen LogP contribution in [0.2, 0.25) is 0 Å². The van der Waals surface area contributed by atoms with Gasteiger partial charge in [0.2, 0.25) is 5.91 Å². The number of anilines is 1. The Labute approximate surface area is 172 Å². The van der Waals surface area contributed by atoms with E-state index in [1.165, 1.54) is 6.92 Å². The quantitative estimate of drug-likeness (QED) is 0.778. The number of rotatable bonds is 5. The number of hydrogen-bond donors (Lipinski definition) is 2. The second-order valence-corrected chi connectivity index (χ2v) is 7.56. The van der Waals surface area contributed by atoms with E-state index in [1.54, 1.807) is 21.2 Å². The minimum absolute atomic E-state index is 0.00435. The summed E-state index contributed by atoms with van der Waals surface area (Å²) >= 11 is 1.06. The molecule has 0 saturated heterocycles. The van der Waals surface area contributed by atoms with Gasteiger partial charge >= 0.3 is 12.0 Å². The molecule has 2 heterocycles. The van der Waals surface area contributed by atoms with Crippen LogP contribution in [0.15, 0.2) is 29.6 Å². The average Bonchev–Trinajstić information content (AvgIpc) is 3.03. The Kier molecular flexibility index (Phi) is 6.38. The summed E-state index contributed by atoms with van der Waals surface area (Å²) in [6.07, 6.45) is 0. The summed E-state index contributed by atoms with van der Waals surface area (Å²) in [5.41, 5.74) is 2.09. The van der Waals surface area contributed by atoms with E-state index in [2.05, 4.69) is 5.32 Å². The SMILES string of the molecule is CCN(Cc1ccc2c(c1)CN(C(=O)Nc1ccsc1C(=O)O)CCO2)C(C)=O. The second kappa shape index (κ2) is 8.95. The molecule has 1 aromatic carbocycles. The van der Waals surface area contributed by atoms with Crippen molar-refractivity contribution in [1.82, 2.24) is 9.80 Å². The Hall–Kier alpha value is -3.07. The van der Waals surface area contributed by atoms with E-state index < -0.39 is 5.97 Å². The maximum absolute atomic E-state index is 12.7. The Morgan fingerprint density at radius 2 is 2.10 bits per heavy atom. The summed E-state index contributed by atoms with van der Waals surface area (Å²) < 4.78 is 5.77. The first kappa shape index (κ1) is 20.7. The number of ether oxygens (including phenoxy) is 1. The molecule has 3 rings (SSSR count). The molecule has 2 N–H and O–H groups in total. The molecule has 8 nitrogen and oxygen atoms in total. The Bertz CT molecular complexity index is 927.